The van der Waals surface area contributed by atoms with Crippen molar-refractivity contribution in [1.29, 1.82) is 0 Å². The van der Waals surface area contributed by atoms with Gasteiger partial charge < -0.3 is 15.5 Å². The summed E-state index contributed by atoms with van der Waals surface area (Å²) in [6.45, 7) is 2.88. The molecular weight excluding hydrogens is 266 g/mol. The molecule has 0 aromatic rings. The minimum Gasteiger partial charge on any atom is -0.355 e. The lowest BCUT2D eigenvalue weighted by atomic mass is 9.96. The maximum absolute atomic E-state index is 12.0. The van der Waals surface area contributed by atoms with Gasteiger partial charge in [0.1, 0.15) is 0 Å². The van der Waals surface area contributed by atoms with Crippen LogP contribution in [0.3, 0.4) is 0 Å². The third-order valence-electron chi connectivity index (χ3n) is 3.70. The van der Waals surface area contributed by atoms with E-state index in [1.165, 1.54) is 0 Å². The summed E-state index contributed by atoms with van der Waals surface area (Å²) >= 11 is 0. The number of likely N-dealkylation sites (N-methyl/N-ethyl adjacent to an activating group) is 1. The molecule has 2 fully saturated rings. The van der Waals surface area contributed by atoms with E-state index in [4.69, 9.17) is 0 Å². The normalized spacial score (nSPS) is 22.6. The largest absolute Gasteiger partial charge is 0.355 e. The van der Waals surface area contributed by atoms with Gasteiger partial charge in [-0.3, -0.25) is 9.59 Å². The summed E-state index contributed by atoms with van der Waals surface area (Å²) in [7, 11) is 1.86. The predicted molar refractivity (Wildman–Crippen MR) is 76.2 cm³/mol. The fourth-order valence-electron chi connectivity index (χ4n) is 2.43. The number of nitrogens with zero attached hydrogens (tertiary/aromatic N) is 1. The first-order valence-electron chi connectivity index (χ1n) is 6.93. The van der Waals surface area contributed by atoms with Crippen molar-refractivity contribution in [2.24, 2.45) is 11.8 Å². The van der Waals surface area contributed by atoms with Crippen LogP contribution in [0, 0.1) is 11.8 Å². The SMILES string of the molecule is CNCCNC(=O)C1CCCN(C(=O)C2CC2)C1.Cl. The van der Waals surface area contributed by atoms with Crippen molar-refractivity contribution in [2.45, 2.75) is 25.7 Å². The van der Waals surface area contributed by atoms with Crippen molar-refractivity contribution >= 4 is 24.2 Å². The van der Waals surface area contributed by atoms with E-state index < -0.39 is 0 Å². The molecule has 0 aromatic heterocycles. The molecule has 1 saturated carbocycles. The second-order valence-electron chi connectivity index (χ2n) is 5.29. The summed E-state index contributed by atoms with van der Waals surface area (Å²) in [5.74, 6) is 0.607. The molecule has 19 heavy (non-hydrogen) atoms. The maximum Gasteiger partial charge on any atom is 0.225 e. The Balaban J connectivity index is 0.00000180. The minimum atomic E-state index is -0.0155. The van der Waals surface area contributed by atoms with Crippen molar-refractivity contribution < 1.29 is 9.59 Å². The lowest BCUT2D eigenvalue weighted by Crippen LogP contribution is -2.46. The lowest BCUT2D eigenvalue weighted by molar-refractivity contribution is -0.136. The Morgan fingerprint density at radius 1 is 1.16 bits per heavy atom. The van der Waals surface area contributed by atoms with Gasteiger partial charge in [-0.25, -0.2) is 0 Å². The van der Waals surface area contributed by atoms with Crippen LogP contribution in [0.15, 0.2) is 0 Å². The zero-order valence-corrected chi connectivity index (χ0v) is 12.3. The number of halogens is 1. The van der Waals surface area contributed by atoms with Gasteiger partial charge in [0, 0.05) is 32.1 Å². The monoisotopic (exact) mass is 289 g/mol. The van der Waals surface area contributed by atoms with Crippen molar-refractivity contribution in [3.8, 4) is 0 Å². The van der Waals surface area contributed by atoms with Gasteiger partial charge in [0.15, 0.2) is 0 Å². The van der Waals surface area contributed by atoms with Crippen LogP contribution in [0.4, 0.5) is 0 Å². The van der Waals surface area contributed by atoms with Crippen LogP contribution in [-0.4, -0.2) is 49.9 Å². The van der Waals surface area contributed by atoms with Crippen LogP contribution in [0.2, 0.25) is 0 Å². The van der Waals surface area contributed by atoms with Crippen molar-refractivity contribution in [1.82, 2.24) is 15.5 Å². The van der Waals surface area contributed by atoms with E-state index in [2.05, 4.69) is 10.6 Å². The van der Waals surface area contributed by atoms with E-state index >= 15 is 0 Å². The zero-order chi connectivity index (χ0) is 13.0. The standard InChI is InChI=1S/C13H23N3O2.ClH/c1-14-6-7-15-12(17)11-3-2-8-16(9-11)13(18)10-4-5-10;/h10-11,14H,2-9H2,1H3,(H,15,17);1H. The number of hydrogen-bond donors (Lipinski definition) is 2. The zero-order valence-electron chi connectivity index (χ0n) is 11.5. The number of amides is 2. The van der Waals surface area contributed by atoms with Gasteiger partial charge in [0.05, 0.1) is 5.92 Å². The van der Waals surface area contributed by atoms with E-state index in [-0.39, 0.29) is 36.1 Å². The van der Waals surface area contributed by atoms with Crippen LogP contribution in [0.25, 0.3) is 0 Å². The first kappa shape index (κ1) is 16.2. The molecule has 1 aliphatic heterocycles. The summed E-state index contributed by atoms with van der Waals surface area (Å²) in [5, 5.41) is 5.92. The Labute approximate surface area is 120 Å². The predicted octanol–water partition coefficient (Wildman–Crippen LogP) is 0.392. The van der Waals surface area contributed by atoms with Gasteiger partial charge in [-0.2, -0.15) is 0 Å². The molecule has 0 spiro atoms. The molecule has 1 aliphatic carbocycles. The molecule has 2 rings (SSSR count). The number of hydrogen-bond acceptors (Lipinski definition) is 3. The Kier molecular flexibility index (Phi) is 6.58. The first-order chi connectivity index (χ1) is 8.72. The minimum absolute atomic E-state index is 0. The van der Waals surface area contributed by atoms with Crippen LogP contribution < -0.4 is 10.6 Å². The number of rotatable bonds is 5. The van der Waals surface area contributed by atoms with E-state index in [0.29, 0.717) is 13.1 Å². The lowest BCUT2D eigenvalue weighted by Gasteiger charge is -2.32. The average Bonchev–Trinajstić information content (AvgIpc) is 3.22. The Bertz CT molecular complexity index is 321. The van der Waals surface area contributed by atoms with Gasteiger partial charge in [-0.15, -0.1) is 12.4 Å². The molecule has 1 heterocycles. The second-order valence-corrected chi connectivity index (χ2v) is 5.29. The molecule has 1 unspecified atom stereocenters. The quantitative estimate of drug-likeness (QED) is 0.720. The highest BCUT2D eigenvalue weighted by molar-refractivity contribution is 5.85. The van der Waals surface area contributed by atoms with Crippen molar-refractivity contribution in [3.63, 3.8) is 0 Å². The van der Waals surface area contributed by atoms with Crippen LogP contribution >= 0.6 is 12.4 Å². The molecule has 0 radical (unpaired) electrons. The average molecular weight is 290 g/mol. The van der Waals surface area contributed by atoms with Crippen molar-refractivity contribution in [2.75, 3.05) is 33.2 Å². The molecule has 2 N–H and O–H groups in total. The molecule has 2 amide bonds. The number of piperidine rings is 1. The van der Waals surface area contributed by atoms with Crippen molar-refractivity contribution in [3.05, 3.63) is 0 Å². The van der Waals surface area contributed by atoms with E-state index in [9.17, 15) is 9.59 Å². The molecular formula is C13H24ClN3O2. The maximum atomic E-state index is 12.0. The molecule has 1 saturated heterocycles. The van der Waals surface area contributed by atoms with Crippen LogP contribution in [0.5, 0.6) is 0 Å². The smallest absolute Gasteiger partial charge is 0.225 e. The van der Waals surface area contributed by atoms with E-state index in [0.717, 1.165) is 38.8 Å². The second kappa shape index (κ2) is 7.70. The summed E-state index contributed by atoms with van der Waals surface area (Å²) in [6.07, 6.45) is 3.92. The van der Waals surface area contributed by atoms with Gasteiger partial charge in [0.2, 0.25) is 11.8 Å². The van der Waals surface area contributed by atoms with Gasteiger partial charge in [-0.1, -0.05) is 0 Å². The Morgan fingerprint density at radius 2 is 1.89 bits per heavy atom. The van der Waals surface area contributed by atoms with E-state index in [1.807, 2.05) is 11.9 Å². The number of carbonyl (C=O) groups excluding carboxylic acids is 2. The number of carbonyl (C=O) groups is 2. The molecule has 2 aliphatic rings. The van der Waals surface area contributed by atoms with Gasteiger partial charge in [-0.05, 0) is 32.7 Å². The summed E-state index contributed by atoms with van der Waals surface area (Å²) in [5.41, 5.74) is 0. The molecule has 0 bridgehead atoms. The molecule has 5 nitrogen and oxygen atoms in total. The Morgan fingerprint density at radius 3 is 2.53 bits per heavy atom. The first-order valence-corrected chi connectivity index (χ1v) is 6.93. The van der Waals surface area contributed by atoms with Gasteiger partial charge in [0.25, 0.3) is 0 Å². The highest BCUT2D eigenvalue weighted by Crippen LogP contribution is 2.32. The number of likely N-dealkylation sites (tertiary alicyclic amines) is 1. The molecule has 0 aromatic carbocycles. The highest BCUT2D eigenvalue weighted by Gasteiger charge is 2.36. The highest BCUT2D eigenvalue weighted by atomic mass is 35.5. The van der Waals surface area contributed by atoms with Crippen LogP contribution in [-0.2, 0) is 9.59 Å². The summed E-state index contributed by atoms with van der Waals surface area (Å²) < 4.78 is 0. The van der Waals surface area contributed by atoms with Crippen LogP contribution in [0.1, 0.15) is 25.7 Å². The third-order valence-corrected chi connectivity index (χ3v) is 3.70. The number of nitrogens with one attached hydrogen (secondary N) is 2. The topological polar surface area (TPSA) is 61.4 Å². The van der Waals surface area contributed by atoms with Gasteiger partial charge >= 0.3 is 0 Å². The summed E-state index contributed by atoms with van der Waals surface area (Å²) in [4.78, 5) is 25.8. The fraction of sp³-hybridized carbons (Fsp3) is 0.846. The van der Waals surface area contributed by atoms with E-state index in [1.54, 1.807) is 0 Å². The fourth-order valence-corrected chi connectivity index (χ4v) is 2.43. The molecule has 110 valence electrons. The molecule has 6 heteroatoms. The molecule has 1 atom stereocenters. The third kappa shape index (κ3) is 4.66. The Hall–Kier alpha value is -0.810. The summed E-state index contributed by atoms with van der Waals surface area (Å²) in [6, 6.07) is 0.